The van der Waals surface area contributed by atoms with E-state index in [4.69, 9.17) is 14.6 Å². The van der Waals surface area contributed by atoms with E-state index < -0.39 is 5.97 Å². The molecule has 0 saturated heterocycles. The number of ether oxygens (including phenoxy) is 2. The van der Waals surface area contributed by atoms with Crippen molar-refractivity contribution in [1.29, 1.82) is 0 Å². The van der Waals surface area contributed by atoms with Crippen LogP contribution < -0.4 is 4.74 Å². The number of benzene rings is 1. The quantitative estimate of drug-likeness (QED) is 0.556. The van der Waals surface area contributed by atoms with E-state index in [0.717, 1.165) is 24.7 Å². The number of carboxylic acids is 1. The second-order valence-electron chi connectivity index (χ2n) is 4.85. The Bertz CT molecular complexity index is 438. The van der Waals surface area contributed by atoms with Gasteiger partial charge in [-0.05, 0) is 24.5 Å². The molecule has 1 aromatic carbocycles. The normalized spacial score (nSPS) is 11.2. The van der Waals surface area contributed by atoms with Gasteiger partial charge in [-0.3, -0.25) is 0 Å². The molecule has 0 heterocycles. The van der Waals surface area contributed by atoms with Gasteiger partial charge in [-0.1, -0.05) is 32.0 Å². The van der Waals surface area contributed by atoms with Crippen LogP contribution in [0.5, 0.6) is 5.75 Å². The summed E-state index contributed by atoms with van der Waals surface area (Å²) in [6.07, 6.45) is 3.66. The van der Waals surface area contributed by atoms with Crippen LogP contribution in [0.1, 0.15) is 25.8 Å². The zero-order valence-electron chi connectivity index (χ0n) is 12.0. The molecule has 110 valence electrons. The maximum absolute atomic E-state index is 10.5. The smallest absolute Gasteiger partial charge is 0.328 e. The monoisotopic (exact) mass is 278 g/mol. The summed E-state index contributed by atoms with van der Waals surface area (Å²) < 4.78 is 11.1. The minimum atomic E-state index is -0.975. The minimum Gasteiger partial charge on any atom is -0.491 e. The lowest BCUT2D eigenvalue weighted by atomic mass is 10.1. The van der Waals surface area contributed by atoms with Crippen molar-refractivity contribution in [2.75, 3.05) is 19.8 Å². The summed E-state index contributed by atoms with van der Waals surface area (Å²) in [6.45, 7) is 6.04. The summed E-state index contributed by atoms with van der Waals surface area (Å²) in [6, 6.07) is 7.32. The fourth-order valence-corrected chi connectivity index (χ4v) is 1.54. The van der Waals surface area contributed by atoms with Gasteiger partial charge in [0.25, 0.3) is 0 Å². The first-order chi connectivity index (χ1) is 9.59. The highest BCUT2D eigenvalue weighted by molar-refractivity contribution is 5.85. The Morgan fingerprint density at radius 3 is 2.70 bits per heavy atom. The predicted octanol–water partition coefficient (Wildman–Crippen LogP) is 3.23. The second kappa shape index (κ2) is 9.15. The highest BCUT2D eigenvalue weighted by atomic mass is 16.5. The van der Waals surface area contributed by atoms with Gasteiger partial charge < -0.3 is 14.6 Å². The molecular weight excluding hydrogens is 256 g/mol. The van der Waals surface area contributed by atoms with Gasteiger partial charge in [0, 0.05) is 18.2 Å². The van der Waals surface area contributed by atoms with E-state index in [-0.39, 0.29) is 0 Å². The van der Waals surface area contributed by atoms with Crippen molar-refractivity contribution in [1.82, 2.24) is 0 Å². The Labute approximate surface area is 120 Å². The van der Waals surface area contributed by atoms with Crippen molar-refractivity contribution < 1.29 is 19.4 Å². The predicted molar refractivity (Wildman–Crippen MR) is 78.9 cm³/mol. The highest BCUT2D eigenvalue weighted by Gasteiger charge is 2.00. The van der Waals surface area contributed by atoms with Crippen LogP contribution in [0.15, 0.2) is 30.3 Å². The molecule has 1 rings (SSSR count). The van der Waals surface area contributed by atoms with E-state index in [1.54, 1.807) is 0 Å². The summed E-state index contributed by atoms with van der Waals surface area (Å²) in [4.78, 5) is 10.5. The number of carboxylic acid groups (broad SMARTS) is 1. The van der Waals surface area contributed by atoms with Crippen LogP contribution in [0.4, 0.5) is 0 Å². The molecule has 0 atom stereocenters. The van der Waals surface area contributed by atoms with Gasteiger partial charge in [0.15, 0.2) is 0 Å². The first-order valence-electron chi connectivity index (χ1n) is 6.80. The molecule has 0 amide bonds. The SMILES string of the molecule is CC(C)CCOCCOc1ccccc1C=CC(=O)O. The van der Waals surface area contributed by atoms with E-state index in [1.807, 2.05) is 24.3 Å². The fraction of sp³-hybridized carbons (Fsp3) is 0.438. The van der Waals surface area contributed by atoms with Crippen molar-refractivity contribution in [2.45, 2.75) is 20.3 Å². The van der Waals surface area contributed by atoms with E-state index >= 15 is 0 Å². The van der Waals surface area contributed by atoms with Gasteiger partial charge in [-0.15, -0.1) is 0 Å². The van der Waals surface area contributed by atoms with Crippen molar-refractivity contribution in [3.63, 3.8) is 0 Å². The number of hydrogen-bond acceptors (Lipinski definition) is 3. The molecule has 4 nitrogen and oxygen atoms in total. The molecule has 1 N–H and O–H groups in total. The van der Waals surface area contributed by atoms with E-state index in [0.29, 0.717) is 24.9 Å². The molecule has 0 radical (unpaired) electrons. The summed E-state index contributed by atoms with van der Waals surface area (Å²) >= 11 is 0. The lowest BCUT2D eigenvalue weighted by Crippen LogP contribution is -2.09. The third kappa shape index (κ3) is 6.95. The third-order valence-corrected chi connectivity index (χ3v) is 2.65. The Morgan fingerprint density at radius 1 is 1.25 bits per heavy atom. The molecule has 0 aliphatic heterocycles. The van der Waals surface area contributed by atoms with Crippen LogP contribution in [0.3, 0.4) is 0 Å². The average molecular weight is 278 g/mol. The number of aliphatic carboxylic acids is 1. The molecule has 0 fully saturated rings. The molecule has 0 aromatic heterocycles. The van der Waals surface area contributed by atoms with Crippen LogP contribution in [0.25, 0.3) is 6.08 Å². The summed E-state index contributed by atoms with van der Waals surface area (Å²) in [5, 5.41) is 8.64. The van der Waals surface area contributed by atoms with Crippen molar-refractivity contribution in [3.05, 3.63) is 35.9 Å². The third-order valence-electron chi connectivity index (χ3n) is 2.65. The molecule has 0 aliphatic rings. The van der Waals surface area contributed by atoms with Gasteiger partial charge in [0.05, 0.1) is 6.61 Å². The lowest BCUT2D eigenvalue weighted by Gasteiger charge is -2.10. The van der Waals surface area contributed by atoms with E-state index in [1.165, 1.54) is 6.08 Å². The van der Waals surface area contributed by atoms with Crippen LogP contribution in [-0.2, 0) is 9.53 Å². The van der Waals surface area contributed by atoms with Crippen molar-refractivity contribution in [2.24, 2.45) is 5.92 Å². The number of rotatable bonds is 9. The van der Waals surface area contributed by atoms with Gasteiger partial charge in [0.1, 0.15) is 12.4 Å². The maximum atomic E-state index is 10.5. The van der Waals surface area contributed by atoms with Crippen molar-refractivity contribution >= 4 is 12.0 Å². The number of para-hydroxylation sites is 1. The minimum absolute atomic E-state index is 0.454. The lowest BCUT2D eigenvalue weighted by molar-refractivity contribution is -0.131. The number of carbonyl (C=O) groups is 1. The zero-order valence-corrected chi connectivity index (χ0v) is 12.0. The Balaban J connectivity index is 2.38. The van der Waals surface area contributed by atoms with Gasteiger partial charge >= 0.3 is 5.97 Å². The molecule has 1 aromatic rings. The average Bonchev–Trinajstić information content (AvgIpc) is 2.41. The fourth-order valence-electron chi connectivity index (χ4n) is 1.54. The van der Waals surface area contributed by atoms with Crippen molar-refractivity contribution in [3.8, 4) is 5.75 Å². The van der Waals surface area contributed by atoms with E-state index in [9.17, 15) is 4.79 Å². The Hall–Kier alpha value is -1.81. The van der Waals surface area contributed by atoms with E-state index in [2.05, 4.69) is 13.8 Å². The molecule has 4 heteroatoms. The van der Waals surface area contributed by atoms with Gasteiger partial charge in [0.2, 0.25) is 0 Å². The molecule has 0 saturated carbocycles. The first-order valence-corrected chi connectivity index (χ1v) is 6.80. The Morgan fingerprint density at radius 2 is 2.00 bits per heavy atom. The standard InChI is InChI=1S/C16H22O4/c1-13(2)9-10-19-11-12-20-15-6-4-3-5-14(15)7-8-16(17)18/h3-8,13H,9-12H2,1-2H3,(H,17,18). The molecule has 0 aliphatic carbocycles. The molecular formula is C16H22O4. The summed E-state index contributed by atoms with van der Waals surface area (Å²) in [5.41, 5.74) is 0.747. The molecule has 0 unspecified atom stereocenters. The summed E-state index contributed by atoms with van der Waals surface area (Å²) in [7, 11) is 0. The molecule has 0 spiro atoms. The number of hydrogen-bond donors (Lipinski definition) is 1. The van der Waals surface area contributed by atoms with Crippen LogP contribution in [0.2, 0.25) is 0 Å². The summed E-state index contributed by atoms with van der Waals surface area (Å²) in [5.74, 6) is 0.326. The largest absolute Gasteiger partial charge is 0.491 e. The van der Waals surface area contributed by atoms with Gasteiger partial charge in [-0.2, -0.15) is 0 Å². The second-order valence-corrected chi connectivity index (χ2v) is 4.85. The zero-order chi connectivity index (χ0) is 14.8. The van der Waals surface area contributed by atoms with Crippen LogP contribution in [0, 0.1) is 5.92 Å². The van der Waals surface area contributed by atoms with Gasteiger partial charge in [-0.25, -0.2) is 4.79 Å². The van der Waals surface area contributed by atoms with Crippen LogP contribution in [-0.4, -0.2) is 30.9 Å². The highest BCUT2D eigenvalue weighted by Crippen LogP contribution is 2.19. The molecule has 0 bridgehead atoms. The topological polar surface area (TPSA) is 55.8 Å². The molecule has 20 heavy (non-hydrogen) atoms. The first kappa shape index (κ1) is 16.2. The van der Waals surface area contributed by atoms with Crippen LogP contribution >= 0.6 is 0 Å². The maximum Gasteiger partial charge on any atom is 0.328 e. The Kier molecular flexibility index (Phi) is 7.43.